The smallest absolute Gasteiger partial charge is 0.205 e. The van der Waals surface area contributed by atoms with Gasteiger partial charge in [-0.15, -0.1) is 0 Å². The molecule has 17 heavy (non-hydrogen) atoms. The third kappa shape index (κ3) is 2.40. The number of hydrogen-bond acceptors (Lipinski definition) is 7. The van der Waals surface area contributed by atoms with Gasteiger partial charge < -0.3 is 20.2 Å². The van der Waals surface area contributed by atoms with Crippen LogP contribution >= 0.6 is 0 Å². The summed E-state index contributed by atoms with van der Waals surface area (Å²) in [5, 5.41) is 9.48. The zero-order valence-corrected chi connectivity index (χ0v) is 9.76. The van der Waals surface area contributed by atoms with E-state index in [0.717, 1.165) is 25.9 Å². The average molecular weight is 239 g/mol. The first kappa shape index (κ1) is 11.9. The summed E-state index contributed by atoms with van der Waals surface area (Å²) in [4.78, 5) is 10.3. The van der Waals surface area contributed by atoms with E-state index in [0.29, 0.717) is 17.4 Å². The van der Waals surface area contributed by atoms with Crippen molar-refractivity contribution in [1.82, 2.24) is 9.97 Å². The van der Waals surface area contributed by atoms with Crippen molar-refractivity contribution in [2.45, 2.75) is 18.9 Å². The minimum Gasteiger partial charge on any atom is -0.490 e. The van der Waals surface area contributed by atoms with Crippen LogP contribution in [0.5, 0.6) is 5.75 Å². The predicted octanol–water partition coefficient (Wildman–Crippen LogP) is -0.268. The Labute approximate surface area is 99.6 Å². The molecular formula is C10H17N5O2. The Hall–Kier alpha value is -1.60. The first-order valence-corrected chi connectivity index (χ1v) is 5.55. The molecule has 0 amide bonds. The minimum absolute atomic E-state index is 0.216. The number of nitrogens with one attached hydrogen (secondary N) is 1. The van der Waals surface area contributed by atoms with Crippen molar-refractivity contribution in [3.63, 3.8) is 0 Å². The third-order valence-corrected chi connectivity index (χ3v) is 2.89. The lowest BCUT2D eigenvalue weighted by Gasteiger charge is -2.31. The molecule has 0 aliphatic carbocycles. The quantitative estimate of drug-likeness (QED) is 0.493. The van der Waals surface area contributed by atoms with E-state index in [4.69, 9.17) is 10.6 Å². The molecule has 1 aliphatic rings. The van der Waals surface area contributed by atoms with E-state index >= 15 is 0 Å². The van der Waals surface area contributed by atoms with Gasteiger partial charge in [-0.1, -0.05) is 0 Å². The van der Waals surface area contributed by atoms with Crippen LogP contribution in [-0.2, 0) is 0 Å². The molecule has 0 atom stereocenters. The van der Waals surface area contributed by atoms with Crippen molar-refractivity contribution >= 4 is 11.6 Å². The number of nitrogens with zero attached hydrogens (tertiary/aromatic N) is 3. The second kappa shape index (κ2) is 5.15. The summed E-state index contributed by atoms with van der Waals surface area (Å²) in [7, 11) is 1.56. The van der Waals surface area contributed by atoms with Gasteiger partial charge in [0.2, 0.25) is 5.75 Å². The highest BCUT2D eigenvalue weighted by molar-refractivity contribution is 5.64. The lowest BCUT2D eigenvalue weighted by atomic mass is 10.1. The molecule has 0 saturated carbocycles. The first-order valence-electron chi connectivity index (χ1n) is 5.55. The Morgan fingerprint density at radius 2 is 2.18 bits per heavy atom. The highest BCUT2D eigenvalue weighted by Crippen LogP contribution is 2.32. The molecule has 0 aromatic carbocycles. The fraction of sp³-hybridized carbons (Fsp3) is 0.600. The van der Waals surface area contributed by atoms with Crippen LogP contribution in [0.1, 0.15) is 12.8 Å². The van der Waals surface area contributed by atoms with Crippen molar-refractivity contribution in [2.75, 3.05) is 30.5 Å². The Kier molecular flexibility index (Phi) is 3.60. The number of methoxy groups -OCH3 is 1. The Bertz CT molecular complexity index is 379. The Morgan fingerprint density at radius 3 is 2.76 bits per heavy atom. The van der Waals surface area contributed by atoms with Gasteiger partial charge in [-0.05, 0) is 12.8 Å². The number of aliphatic hydroxyl groups is 1. The number of piperidine rings is 1. The topological polar surface area (TPSA) is 96.5 Å². The summed E-state index contributed by atoms with van der Waals surface area (Å²) in [5.74, 6) is 7.07. The standard InChI is InChI=1S/C10H17N5O2/c1-17-8-9(14-11)12-6-13-10(8)15-4-2-7(16)3-5-15/h6-7,16H,2-5,11H2,1H3,(H,12,13,14). The number of hydrazine groups is 1. The molecule has 0 bridgehead atoms. The van der Waals surface area contributed by atoms with Crippen LogP contribution in [0.2, 0.25) is 0 Å². The lowest BCUT2D eigenvalue weighted by Crippen LogP contribution is -2.36. The number of aliphatic hydroxyl groups excluding tert-OH is 1. The van der Waals surface area contributed by atoms with E-state index in [1.165, 1.54) is 6.33 Å². The lowest BCUT2D eigenvalue weighted by molar-refractivity contribution is 0.145. The van der Waals surface area contributed by atoms with Gasteiger partial charge in [-0.25, -0.2) is 15.8 Å². The molecule has 0 radical (unpaired) electrons. The number of hydrogen-bond donors (Lipinski definition) is 3. The number of anilines is 2. The summed E-state index contributed by atoms with van der Waals surface area (Å²) < 4.78 is 5.28. The second-order valence-corrected chi connectivity index (χ2v) is 3.94. The number of aromatic nitrogens is 2. The zero-order valence-electron chi connectivity index (χ0n) is 9.76. The van der Waals surface area contributed by atoms with Crippen LogP contribution in [-0.4, -0.2) is 41.4 Å². The van der Waals surface area contributed by atoms with Crippen molar-refractivity contribution in [1.29, 1.82) is 0 Å². The van der Waals surface area contributed by atoms with Crippen LogP contribution in [0.15, 0.2) is 6.33 Å². The van der Waals surface area contributed by atoms with Crippen molar-refractivity contribution in [3.8, 4) is 5.75 Å². The summed E-state index contributed by atoms with van der Waals surface area (Å²) in [6.45, 7) is 1.50. The molecule has 94 valence electrons. The maximum absolute atomic E-state index is 9.48. The molecule has 4 N–H and O–H groups in total. The zero-order chi connectivity index (χ0) is 12.3. The molecule has 1 aromatic heterocycles. The summed E-state index contributed by atoms with van der Waals surface area (Å²) in [5.41, 5.74) is 2.48. The normalized spacial score (nSPS) is 17.0. The monoisotopic (exact) mass is 239 g/mol. The summed E-state index contributed by atoms with van der Waals surface area (Å²) >= 11 is 0. The SMILES string of the molecule is COc1c(NN)ncnc1N1CCC(O)CC1. The van der Waals surface area contributed by atoms with Crippen LogP contribution in [0.4, 0.5) is 11.6 Å². The van der Waals surface area contributed by atoms with Gasteiger partial charge in [0.15, 0.2) is 11.6 Å². The number of nitrogen functional groups attached to an aromatic ring is 1. The molecule has 2 rings (SSSR count). The van der Waals surface area contributed by atoms with E-state index < -0.39 is 0 Å². The van der Waals surface area contributed by atoms with E-state index in [-0.39, 0.29) is 6.10 Å². The summed E-state index contributed by atoms with van der Waals surface area (Å²) in [6, 6.07) is 0. The fourth-order valence-corrected chi connectivity index (χ4v) is 1.96. The van der Waals surface area contributed by atoms with E-state index in [1.54, 1.807) is 7.11 Å². The number of nitrogens with two attached hydrogens (primary N) is 1. The molecule has 2 heterocycles. The fourth-order valence-electron chi connectivity index (χ4n) is 1.96. The van der Waals surface area contributed by atoms with Crippen LogP contribution in [0.25, 0.3) is 0 Å². The highest BCUT2D eigenvalue weighted by Gasteiger charge is 2.22. The maximum Gasteiger partial charge on any atom is 0.205 e. The molecule has 7 nitrogen and oxygen atoms in total. The van der Waals surface area contributed by atoms with E-state index in [2.05, 4.69) is 20.3 Å². The van der Waals surface area contributed by atoms with Gasteiger partial charge in [0.1, 0.15) is 6.33 Å². The molecule has 0 unspecified atom stereocenters. The van der Waals surface area contributed by atoms with Crippen molar-refractivity contribution < 1.29 is 9.84 Å². The van der Waals surface area contributed by atoms with Crippen molar-refractivity contribution in [2.24, 2.45) is 5.84 Å². The van der Waals surface area contributed by atoms with Gasteiger partial charge in [0.25, 0.3) is 0 Å². The molecule has 1 aliphatic heterocycles. The molecule has 1 aromatic rings. The molecule has 0 spiro atoms. The Balaban J connectivity index is 2.25. The first-order chi connectivity index (χ1) is 8.26. The minimum atomic E-state index is -0.216. The maximum atomic E-state index is 9.48. The number of ether oxygens (including phenoxy) is 1. The molecule has 1 fully saturated rings. The van der Waals surface area contributed by atoms with Crippen LogP contribution < -0.4 is 20.9 Å². The summed E-state index contributed by atoms with van der Waals surface area (Å²) in [6.07, 6.45) is 2.70. The van der Waals surface area contributed by atoms with Gasteiger partial charge >= 0.3 is 0 Å². The largest absolute Gasteiger partial charge is 0.490 e. The second-order valence-electron chi connectivity index (χ2n) is 3.94. The van der Waals surface area contributed by atoms with E-state index in [1.807, 2.05) is 0 Å². The van der Waals surface area contributed by atoms with Gasteiger partial charge in [0, 0.05) is 13.1 Å². The van der Waals surface area contributed by atoms with Gasteiger partial charge in [-0.2, -0.15) is 0 Å². The van der Waals surface area contributed by atoms with Gasteiger partial charge in [0.05, 0.1) is 13.2 Å². The van der Waals surface area contributed by atoms with E-state index in [9.17, 15) is 5.11 Å². The molecular weight excluding hydrogens is 222 g/mol. The molecule has 1 saturated heterocycles. The van der Waals surface area contributed by atoms with Crippen LogP contribution in [0, 0.1) is 0 Å². The third-order valence-electron chi connectivity index (χ3n) is 2.89. The van der Waals surface area contributed by atoms with Gasteiger partial charge in [-0.3, -0.25) is 0 Å². The number of rotatable bonds is 3. The highest BCUT2D eigenvalue weighted by atomic mass is 16.5. The van der Waals surface area contributed by atoms with Crippen LogP contribution in [0.3, 0.4) is 0 Å². The molecule has 7 heteroatoms. The average Bonchev–Trinajstić information content (AvgIpc) is 2.38. The predicted molar refractivity (Wildman–Crippen MR) is 63.8 cm³/mol. The Morgan fingerprint density at radius 1 is 1.47 bits per heavy atom. The van der Waals surface area contributed by atoms with Crippen molar-refractivity contribution in [3.05, 3.63) is 6.33 Å².